The van der Waals surface area contributed by atoms with Gasteiger partial charge in [0.2, 0.25) is 5.90 Å². The zero-order valence-electron chi connectivity index (χ0n) is 15.8. The van der Waals surface area contributed by atoms with Gasteiger partial charge in [0.1, 0.15) is 5.75 Å². The molecule has 1 aliphatic heterocycles. The van der Waals surface area contributed by atoms with E-state index in [4.69, 9.17) is 9.47 Å². The first-order chi connectivity index (χ1) is 13.9. The molecule has 4 nitrogen and oxygen atoms in total. The van der Waals surface area contributed by atoms with Crippen molar-refractivity contribution in [1.29, 1.82) is 0 Å². The third-order valence-electron chi connectivity index (χ3n) is 4.32. The van der Waals surface area contributed by atoms with Crippen LogP contribution < -0.4 is 4.74 Å². The first kappa shape index (κ1) is 19.9. The van der Waals surface area contributed by atoms with E-state index in [2.05, 4.69) is 36.9 Å². The van der Waals surface area contributed by atoms with Crippen molar-refractivity contribution >= 4 is 60.6 Å². The SMILES string of the molecule is CC(C)Oc1c(Br)cc(/C=C2/N=C(c3cccc4ccccc34)OC2=O)cc1Br. The molecule has 0 aliphatic carbocycles. The predicted octanol–water partition coefficient (Wildman–Crippen LogP) is 6.50. The van der Waals surface area contributed by atoms with E-state index in [9.17, 15) is 4.79 Å². The number of ether oxygens (including phenoxy) is 2. The molecule has 6 heteroatoms. The standard InChI is InChI=1S/C23H17Br2NO3/c1-13(2)28-21-18(24)10-14(11-19(21)25)12-20-23(27)29-22(26-20)17-9-5-7-15-6-3-4-8-16(15)17/h3-13H,1-2H3/b20-12+. The Bertz CT molecular complexity index is 1150. The summed E-state index contributed by atoms with van der Waals surface area (Å²) in [5, 5.41) is 2.05. The highest BCUT2D eigenvalue weighted by Gasteiger charge is 2.25. The van der Waals surface area contributed by atoms with Crippen molar-refractivity contribution in [2.24, 2.45) is 4.99 Å². The number of carbonyl (C=O) groups excluding carboxylic acids is 1. The van der Waals surface area contributed by atoms with Crippen LogP contribution in [-0.4, -0.2) is 18.0 Å². The van der Waals surface area contributed by atoms with Crippen LogP contribution in [0.15, 0.2) is 74.2 Å². The van der Waals surface area contributed by atoms with E-state index >= 15 is 0 Å². The molecule has 4 rings (SSSR count). The number of halogens is 2. The Kier molecular flexibility index (Phi) is 5.56. The molecular weight excluding hydrogens is 498 g/mol. The van der Waals surface area contributed by atoms with Gasteiger partial charge in [-0.05, 0) is 86.3 Å². The number of esters is 1. The molecule has 29 heavy (non-hydrogen) atoms. The normalized spacial score (nSPS) is 15.1. The maximum atomic E-state index is 12.4. The minimum atomic E-state index is -0.470. The summed E-state index contributed by atoms with van der Waals surface area (Å²) in [6.07, 6.45) is 1.75. The lowest BCUT2D eigenvalue weighted by atomic mass is 10.0. The van der Waals surface area contributed by atoms with Gasteiger partial charge in [-0.1, -0.05) is 36.4 Å². The van der Waals surface area contributed by atoms with Crippen molar-refractivity contribution in [3.63, 3.8) is 0 Å². The van der Waals surface area contributed by atoms with Crippen molar-refractivity contribution in [3.8, 4) is 5.75 Å². The molecule has 0 saturated heterocycles. The lowest BCUT2D eigenvalue weighted by Gasteiger charge is -2.14. The number of hydrogen-bond donors (Lipinski definition) is 0. The number of benzene rings is 3. The summed E-state index contributed by atoms with van der Waals surface area (Å²) in [6, 6.07) is 17.6. The topological polar surface area (TPSA) is 47.9 Å². The molecule has 0 N–H and O–H groups in total. The maximum absolute atomic E-state index is 12.4. The molecule has 0 bridgehead atoms. The molecule has 0 fully saturated rings. The van der Waals surface area contributed by atoms with Crippen LogP contribution in [0.3, 0.4) is 0 Å². The van der Waals surface area contributed by atoms with E-state index < -0.39 is 5.97 Å². The number of hydrogen-bond acceptors (Lipinski definition) is 4. The third-order valence-corrected chi connectivity index (χ3v) is 5.50. The Morgan fingerprint density at radius 3 is 2.45 bits per heavy atom. The smallest absolute Gasteiger partial charge is 0.363 e. The molecule has 3 aromatic rings. The molecule has 0 amide bonds. The summed E-state index contributed by atoms with van der Waals surface area (Å²) in [7, 11) is 0. The fourth-order valence-corrected chi connectivity index (χ4v) is 4.51. The van der Waals surface area contributed by atoms with Crippen LogP contribution in [0.5, 0.6) is 5.75 Å². The molecule has 0 unspecified atom stereocenters. The predicted molar refractivity (Wildman–Crippen MR) is 122 cm³/mol. The molecule has 0 aromatic heterocycles. The van der Waals surface area contributed by atoms with Gasteiger partial charge in [-0.2, -0.15) is 0 Å². The summed E-state index contributed by atoms with van der Waals surface area (Å²) in [5.41, 5.74) is 1.85. The van der Waals surface area contributed by atoms with Crippen LogP contribution in [0.25, 0.3) is 16.8 Å². The molecule has 1 heterocycles. The van der Waals surface area contributed by atoms with Gasteiger partial charge in [0.05, 0.1) is 15.0 Å². The zero-order valence-corrected chi connectivity index (χ0v) is 19.0. The Hall–Kier alpha value is -2.44. The molecule has 146 valence electrons. The molecule has 0 radical (unpaired) electrons. The average molecular weight is 515 g/mol. The minimum Gasteiger partial charge on any atom is -0.489 e. The Morgan fingerprint density at radius 1 is 1.03 bits per heavy atom. The minimum absolute atomic E-state index is 0.0458. The van der Waals surface area contributed by atoms with Crippen molar-refractivity contribution in [1.82, 2.24) is 0 Å². The lowest BCUT2D eigenvalue weighted by Crippen LogP contribution is -2.06. The third kappa shape index (κ3) is 4.14. The van der Waals surface area contributed by atoms with Gasteiger partial charge >= 0.3 is 5.97 Å². The van der Waals surface area contributed by atoms with Crippen LogP contribution in [-0.2, 0) is 9.53 Å². The fraction of sp³-hybridized carbons (Fsp3) is 0.130. The van der Waals surface area contributed by atoms with Crippen LogP contribution in [0.4, 0.5) is 0 Å². The summed E-state index contributed by atoms with van der Waals surface area (Å²) in [6.45, 7) is 3.93. The van der Waals surface area contributed by atoms with Crippen molar-refractivity contribution in [3.05, 3.63) is 80.4 Å². The highest BCUT2D eigenvalue weighted by Crippen LogP contribution is 2.36. The fourth-order valence-electron chi connectivity index (χ4n) is 3.11. The molecule has 0 atom stereocenters. The van der Waals surface area contributed by atoms with Crippen LogP contribution in [0.2, 0.25) is 0 Å². The molecule has 0 spiro atoms. The van der Waals surface area contributed by atoms with E-state index in [0.29, 0.717) is 5.90 Å². The Labute approximate surface area is 185 Å². The first-order valence-electron chi connectivity index (χ1n) is 9.09. The average Bonchev–Trinajstić information content (AvgIpc) is 3.04. The number of cyclic esters (lactones) is 1. The van der Waals surface area contributed by atoms with Gasteiger partial charge in [0, 0.05) is 5.56 Å². The Balaban J connectivity index is 1.72. The summed E-state index contributed by atoms with van der Waals surface area (Å²) in [4.78, 5) is 16.9. The molecular formula is C23H17Br2NO3. The molecule has 0 saturated carbocycles. The van der Waals surface area contributed by atoms with E-state index in [1.807, 2.05) is 68.4 Å². The molecule has 1 aliphatic rings. The van der Waals surface area contributed by atoms with Crippen molar-refractivity contribution < 1.29 is 14.3 Å². The summed E-state index contributed by atoms with van der Waals surface area (Å²) >= 11 is 7.06. The quantitative estimate of drug-likeness (QED) is 0.295. The number of aliphatic imine (C=N–C) groups is 1. The number of rotatable bonds is 4. The van der Waals surface area contributed by atoms with Crippen LogP contribution >= 0.6 is 31.9 Å². The molecule has 3 aromatic carbocycles. The van der Waals surface area contributed by atoms with Gasteiger partial charge in [0.15, 0.2) is 5.70 Å². The van der Waals surface area contributed by atoms with Crippen molar-refractivity contribution in [2.45, 2.75) is 20.0 Å². The second-order valence-electron chi connectivity index (χ2n) is 6.84. The second-order valence-corrected chi connectivity index (χ2v) is 8.55. The largest absolute Gasteiger partial charge is 0.489 e. The number of carbonyl (C=O) groups is 1. The van der Waals surface area contributed by atoms with Crippen LogP contribution in [0, 0.1) is 0 Å². The monoisotopic (exact) mass is 513 g/mol. The summed E-state index contributed by atoms with van der Waals surface area (Å²) in [5.74, 6) is 0.565. The van der Waals surface area contributed by atoms with Gasteiger partial charge in [-0.3, -0.25) is 0 Å². The van der Waals surface area contributed by atoms with Crippen molar-refractivity contribution in [2.75, 3.05) is 0 Å². The number of fused-ring (bicyclic) bond motifs is 1. The van der Waals surface area contributed by atoms with Gasteiger partial charge in [-0.25, -0.2) is 9.79 Å². The van der Waals surface area contributed by atoms with E-state index in [-0.39, 0.29) is 11.8 Å². The highest BCUT2D eigenvalue weighted by atomic mass is 79.9. The van der Waals surface area contributed by atoms with E-state index in [1.54, 1.807) is 6.08 Å². The van der Waals surface area contributed by atoms with E-state index in [0.717, 1.165) is 36.6 Å². The maximum Gasteiger partial charge on any atom is 0.363 e. The van der Waals surface area contributed by atoms with Gasteiger partial charge in [0.25, 0.3) is 0 Å². The van der Waals surface area contributed by atoms with Gasteiger partial charge < -0.3 is 9.47 Å². The first-order valence-corrected chi connectivity index (χ1v) is 10.7. The highest BCUT2D eigenvalue weighted by molar-refractivity contribution is 9.11. The Morgan fingerprint density at radius 2 is 1.72 bits per heavy atom. The zero-order chi connectivity index (χ0) is 20.5. The van der Waals surface area contributed by atoms with Crippen LogP contribution in [0.1, 0.15) is 25.0 Å². The number of nitrogens with zero attached hydrogens (tertiary/aromatic N) is 1. The van der Waals surface area contributed by atoms with E-state index in [1.165, 1.54) is 0 Å². The van der Waals surface area contributed by atoms with Gasteiger partial charge in [-0.15, -0.1) is 0 Å². The lowest BCUT2D eigenvalue weighted by molar-refractivity contribution is -0.129. The second kappa shape index (κ2) is 8.13. The summed E-state index contributed by atoms with van der Waals surface area (Å²) < 4.78 is 12.9.